The molecule has 0 spiro atoms. The van der Waals surface area contributed by atoms with Crippen molar-refractivity contribution >= 4 is 55.5 Å². The first-order chi connectivity index (χ1) is 13.3. The van der Waals surface area contributed by atoms with Crippen LogP contribution in [0.5, 0.6) is 0 Å². The molecule has 0 fully saturated rings. The van der Waals surface area contributed by atoms with Crippen LogP contribution < -0.4 is 4.31 Å². The zero-order valence-electron chi connectivity index (χ0n) is 15.5. The van der Waals surface area contributed by atoms with Crippen molar-refractivity contribution in [2.45, 2.75) is 17.9 Å². The van der Waals surface area contributed by atoms with Gasteiger partial charge in [0, 0.05) is 19.5 Å². The van der Waals surface area contributed by atoms with Crippen LogP contribution in [-0.4, -0.2) is 39.7 Å². The van der Waals surface area contributed by atoms with Crippen LogP contribution in [0.2, 0.25) is 5.02 Å². The molecule has 0 aliphatic heterocycles. The maximum atomic E-state index is 13.0. The third-order valence-electron chi connectivity index (χ3n) is 4.18. The van der Waals surface area contributed by atoms with Crippen molar-refractivity contribution < 1.29 is 22.7 Å². The zero-order chi connectivity index (χ0) is 20.5. The van der Waals surface area contributed by atoms with Crippen molar-refractivity contribution in [1.29, 1.82) is 0 Å². The van der Waals surface area contributed by atoms with Gasteiger partial charge in [-0.15, -0.1) is 11.3 Å². The fourth-order valence-electron chi connectivity index (χ4n) is 2.89. The van der Waals surface area contributed by atoms with Crippen LogP contribution >= 0.6 is 22.9 Å². The number of rotatable bonds is 7. The second kappa shape index (κ2) is 8.12. The number of nitrogens with zero attached hydrogens (tertiary/aromatic N) is 2. The number of ether oxygens (including phenoxy) is 2. The molecule has 7 nitrogen and oxygen atoms in total. The summed E-state index contributed by atoms with van der Waals surface area (Å²) in [6, 6.07) is 8.02. The molecule has 1 aromatic carbocycles. The van der Waals surface area contributed by atoms with Gasteiger partial charge in [0.15, 0.2) is 0 Å². The molecule has 0 bridgehead atoms. The summed E-state index contributed by atoms with van der Waals surface area (Å²) in [7, 11) is -0.820. The summed E-state index contributed by atoms with van der Waals surface area (Å²) in [5.41, 5.74) is 1.08. The van der Waals surface area contributed by atoms with E-state index in [0.717, 1.165) is 11.3 Å². The van der Waals surface area contributed by atoms with Crippen LogP contribution in [0.1, 0.15) is 17.4 Å². The number of carbonyl (C=O) groups excluding carboxylic acids is 1. The van der Waals surface area contributed by atoms with Crippen molar-refractivity contribution in [2.24, 2.45) is 0 Å². The molecule has 0 radical (unpaired) electrons. The van der Waals surface area contributed by atoms with Gasteiger partial charge in [0.2, 0.25) is 0 Å². The summed E-state index contributed by atoms with van der Waals surface area (Å²) in [6.45, 7) is 1.94. The van der Waals surface area contributed by atoms with Gasteiger partial charge < -0.3 is 14.0 Å². The molecule has 0 saturated carbocycles. The van der Waals surface area contributed by atoms with Crippen molar-refractivity contribution in [3.63, 3.8) is 0 Å². The third-order valence-corrected chi connectivity index (χ3v) is 7.65. The zero-order valence-corrected chi connectivity index (χ0v) is 17.9. The number of methoxy groups -OCH3 is 1. The number of aromatic nitrogens is 1. The highest BCUT2D eigenvalue weighted by Crippen LogP contribution is 2.37. The van der Waals surface area contributed by atoms with E-state index in [9.17, 15) is 13.2 Å². The maximum Gasteiger partial charge on any atom is 0.355 e. The van der Waals surface area contributed by atoms with Gasteiger partial charge in [-0.1, -0.05) is 17.7 Å². The lowest BCUT2D eigenvalue weighted by Crippen LogP contribution is -2.26. The number of carbonyl (C=O) groups is 1. The van der Waals surface area contributed by atoms with Gasteiger partial charge in [0.05, 0.1) is 22.8 Å². The predicted octanol–water partition coefficient (Wildman–Crippen LogP) is 3.96. The number of halogens is 1. The number of thiophene rings is 1. The van der Waals surface area contributed by atoms with Crippen molar-refractivity contribution in [3.05, 3.63) is 46.4 Å². The third kappa shape index (κ3) is 3.50. The van der Waals surface area contributed by atoms with Gasteiger partial charge >= 0.3 is 5.97 Å². The minimum atomic E-state index is -3.77. The summed E-state index contributed by atoms with van der Waals surface area (Å²) in [6.07, 6.45) is 0. The molecular weight excluding hydrogens is 424 g/mol. The highest BCUT2D eigenvalue weighted by Gasteiger charge is 2.27. The summed E-state index contributed by atoms with van der Waals surface area (Å²) >= 11 is 7.47. The molecule has 150 valence electrons. The van der Waals surface area contributed by atoms with Crippen LogP contribution in [0, 0.1) is 0 Å². The Bertz CT molecular complexity index is 1110. The molecule has 0 aliphatic carbocycles. The highest BCUT2D eigenvalue weighted by atomic mass is 35.5. The van der Waals surface area contributed by atoms with Gasteiger partial charge in [0.1, 0.15) is 16.6 Å². The smallest absolute Gasteiger partial charge is 0.355 e. The Morgan fingerprint density at radius 2 is 2.07 bits per heavy atom. The lowest BCUT2D eigenvalue weighted by molar-refractivity contribution is 0.0496. The maximum absolute atomic E-state index is 13.0. The lowest BCUT2D eigenvalue weighted by atomic mass is 10.2. The molecule has 0 atom stereocenters. The second-order valence-corrected chi connectivity index (χ2v) is 9.38. The average molecular weight is 443 g/mol. The molecular formula is C18H19ClN2O5S2. The van der Waals surface area contributed by atoms with Crippen molar-refractivity contribution in [2.75, 3.05) is 25.1 Å². The number of hydrogen-bond acceptors (Lipinski definition) is 6. The average Bonchev–Trinajstić information content (AvgIpc) is 3.32. The number of hydrogen-bond donors (Lipinski definition) is 0. The van der Waals surface area contributed by atoms with Gasteiger partial charge in [-0.3, -0.25) is 4.31 Å². The van der Waals surface area contributed by atoms with E-state index in [0.29, 0.717) is 21.6 Å². The molecule has 2 aromatic heterocycles. The van der Waals surface area contributed by atoms with Crippen LogP contribution in [-0.2, 0) is 26.2 Å². The number of anilines is 1. The largest absolute Gasteiger partial charge is 0.461 e. The summed E-state index contributed by atoms with van der Waals surface area (Å²) < 4.78 is 39.3. The molecule has 3 aromatic rings. The summed E-state index contributed by atoms with van der Waals surface area (Å²) in [5, 5.41) is 2.62. The Labute approximate surface area is 172 Å². The number of fused-ring (bicyclic) bond motifs is 1. The molecule has 3 rings (SSSR count). The van der Waals surface area contributed by atoms with Crippen LogP contribution in [0.15, 0.2) is 39.9 Å². The topological polar surface area (TPSA) is 77.8 Å². The van der Waals surface area contributed by atoms with Gasteiger partial charge in [-0.25, -0.2) is 13.2 Å². The van der Waals surface area contributed by atoms with E-state index in [1.807, 2.05) is 0 Å². The van der Waals surface area contributed by atoms with E-state index >= 15 is 0 Å². The molecule has 10 heteroatoms. The standard InChI is InChI=1S/C18H19ClN2O5S2/c1-4-26-18(22)15-10-12-13(19)7-8-14(17(12)21(15)11-25-3)20(2)28(23,24)16-6-5-9-27-16/h5-10H,4,11H2,1-3H3. The number of benzene rings is 1. The first-order valence-corrected chi connectivity index (χ1v) is 11.0. The minimum Gasteiger partial charge on any atom is -0.461 e. The fraction of sp³-hybridized carbons (Fsp3) is 0.278. The SMILES string of the molecule is CCOC(=O)c1cc2c(Cl)ccc(N(C)S(=O)(=O)c3cccs3)c2n1COC. The number of sulfonamides is 1. The van der Waals surface area contributed by atoms with E-state index in [1.54, 1.807) is 47.2 Å². The Morgan fingerprint density at radius 1 is 1.32 bits per heavy atom. The van der Waals surface area contributed by atoms with Gasteiger partial charge in [0.25, 0.3) is 10.0 Å². The Morgan fingerprint density at radius 3 is 2.68 bits per heavy atom. The van der Waals surface area contributed by atoms with Gasteiger partial charge in [-0.05, 0) is 36.6 Å². The monoisotopic (exact) mass is 442 g/mol. The molecule has 0 saturated heterocycles. The van der Waals surface area contributed by atoms with E-state index in [4.69, 9.17) is 21.1 Å². The van der Waals surface area contributed by atoms with Crippen LogP contribution in [0.25, 0.3) is 10.9 Å². The van der Waals surface area contributed by atoms with E-state index in [2.05, 4.69) is 0 Å². The molecule has 28 heavy (non-hydrogen) atoms. The van der Waals surface area contributed by atoms with Crippen LogP contribution in [0.4, 0.5) is 5.69 Å². The Balaban J connectivity index is 2.26. The van der Waals surface area contributed by atoms with E-state index in [1.165, 1.54) is 18.5 Å². The van der Waals surface area contributed by atoms with Crippen molar-refractivity contribution in [3.8, 4) is 0 Å². The highest BCUT2D eigenvalue weighted by molar-refractivity contribution is 7.94. The molecule has 0 unspecified atom stereocenters. The van der Waals surface area contributed by atoms with Crippen LogP contribution in [0.3, 0.4) is 0 Å². The normalized spacial score (nSPS) is 11.7. The molecule has 0 aliphatic rings. The number of esters is 1. The summed E-state index contributed by atoms with van der Waals surface area (Å²) in [5.74, 6) is -0.540. The molecule has 0 amide bonds. The lowest BCUT2D eigenvalue weighted by Gasteiger charge is -2.21. The Kier molecular flexibility index (Phi) is 5.99. The quantitative estimate of drug-likeness (QED) is 0.517. The predicted molar refractivity (Wildman–Crippen MR) is 110 cm³/mol. The minimum absolute atomic E-state index is 0.0257. The van der Waals surface area contributed by atoms with E-state index < -0.39 is 16.0 Å². The molecule has 0 N–H and O–H groups in total. The second-order valence-electron chi connectivity index (χ2n) is 5.83. The van der Waals surface area contributed by atoms with Crippen molar-refractivity contribution in [1.82, 2.24) is 4.57 Å². The fourth-order valence-corrected chi connectivity index (χ4v) is 5.46. The first-order valence-electron chi connectivity index (χ1n) is 8.33. The molecule has 2 heterocycles. The van der Waals surface area contributed by atoms with E-state index in [-0.39, 0.29) is 23.2 Å². The van der Waals surface area contributed by atoms with Gasteiger partial charge in [-0.2, -0.15) is 0 Å². The summed E-state index contributed by atoms with van der Waals surface area (Å²) in [4.78, 5) is 12.4. The first kappa shape index (κ1) is 20.7. The Hall–Kier alpha value is -2.07.